The third-order valence-corrected chi connectivity index (χ3v) is 7.81. The van der Waals surface area contributed by atoms with Crippen molar-refractivity contribution in [1.29, 1.82) is 0 Å². The third-order valence-electron chi connectivity index (χ3n) is 6.78. The molecule has 2 aromatic carbocycles. The number of likely N-dealkylation sites (tertiary alicyclic amines) is 1. The van der Waals surface area contributed by atoms with E-state index in [2.05, 4.69) is 28.6 Å². The number of thiophene rings is 1. The number of carbonyl (C=O) groups excluding carboxylic acids is 1. The summed E-state index contributed by atoms with van der Waals surface area (Å²) in [4.78, 5) is 34.2. The second kappa shape index (κ2) is 11.5. The lowest BCUT2D eigenvalue weighted by Crippen LogP contribution is -2.29. The number of aromatic nitrogens is 2. The number of nitrogens with zero attached hydrogens (tertiary/aromatic N) is 4. The van der Waals surface area contributed by atoms with E-state index in [0.717, 1.165) is 34.4 Å². The highest BCUT2D eigenvalue weighted by atomic mass is 32.1. The summed E-state index contributed by atoms with van der Waals surface area (Å²) in [6, 6.07) is 17.0. The van der Waals surface area contributed by atoms with Gasteiger partial charge in [-0.1, -0.05) is 32.0 Å². The summed E-state index contributed by atoms with van der Waals surface area (Å²) in [5.41, 5.74) is 13.8. The first-order valence-corrected chi connectivity index (χ1v) is 14.1. The van der Waals surface area contributed by atoms with Crippen molar-refractivity contribution in [3.05, 3.63) is 69.8 Å². The fraction of sp³-hybridized carbons (Fsp3) is 0.345. The van der Waals surface area contributed by atoms with Gasteiger partial charge in [-0.25, -0.2) is 4.98 Å². The topological polar surface area (TPSA) is 120 Å². The van der Waals surface area contributed by atoms with Crippen molar-refractivity contribution in [1.82, 2.24) is 14.5 Å². The maximum absolute atomic E-state index is 12.9. The number of carbonyl (C=O) groups is 1. The smallest absolute Gasteiger partial charge is 0.298 e. The number of hydrogen-bond donors (Lipinski definition) is 2. The Bertz CT molecular complexity index is 1530. The fourth-order valence-electron chi connectivity index (χ4n) is 5.07. The van der Waals surface area contributed by atoms with E-state index in [0.29, 0.717) is 34.1 Å². The monoisotopic (exact) mass is 546 g/mol. The Morgan fingerprint density at radius 2 is 1.79 bits per heavy atom. The van der Waals surface area contributed by atoms with Crippen LogP contribution in [0, 0.1) is 5.92 Å². The molecule has 39 heavy (non-hydrogen) atoms. The highest BCUT2D eigenvalue weighted by Crippen LogP contribution is 2.38. The molecule has 0 atom stereocenters. The standard InChI is InChI=1S/C21H17N5O3S.C8H17N/c22-18-21(28)26(15-11-17(19(23)27)30-20(15)24-18)13-6-7-16-14(10-13)25(8-9-29-16)12-4-2-1-3-5-12;1-8(2)7-9-5-3-4-6-9/h1-7,10-11H,8-9H2,(H2,22,24)(H2,23,27);8H,3-7H2,1-2H3. The van der Waals surface area contributed by atoms with Crippen molar-refractivity contribution in [2.45, 2.75) is 26.7 Å². The summed E-state index contributed by atoms with van der Waals surface area (Å²) in [5.74, 6) is 0.852. The van der Waals surface area contributed by atoms with Crippen LogP contribution >= 0.6 is 11.3 Å². The summed E-state index contributed by atoms with van der Waals surface area (Å²) in [7, 11) is 0. The molecule has 6 rings (SSSR count). The predicted octanol–water partition coefficient (Wildman–Crippen LogP) is 4.40. The SMILES string of the molecule is CC(C)CN1CCCC1.NC(=O)c1cc2c(nc(N)c(=O)n2-c2ccc3c(c2)N(c2ccccc2)CCO3)s1. The Labute approximate surface area is 231 Å². The number of hydrogen-bond acceptors (Lipinski definition) is 8. The van der Waals surface area contributed by atoms with Crippen molar-refractivity contribution >= 4 is 44.8 Å². The second-order valence-corrected chi connectivity index (χ2v) is 11.2. The lowest BCUT2D eigenvalue weighted by molar-refractivity contribution is 0.100. The van der Waals surface area contributed by atoms with Crippen LogP contribution in [0.15, 0.2) is 59.4 Å². The zero-order valence-corrected chi connectivity index (χ0v) is 23.1. The van der Waals surface area contributed by atoms with Crippen molar-refractivity contribution < 1.29 is 9.53 Å². The van der Waals surface area contributed by atoms with Crippen molar-refractivity contribution in [3.8, 4) is 11.4 Å². The van der Waals surface area contributed by atoms with Gasteiger partial charge in [-0.15, -0.1) is 11.3 Å². The van der Waals surface area contributed by atoms with Crippen molar-refractivity contribution in [2.24, 2.45) is 11.7 Å². The van der Waals surface area contributed by atoms with Crippen LogP contribution in [0.25, 0.3) is 16.0 Å². The number of primary amides is 1. The Morgan fingerprint density at radius 1 is 1.05 bits per heavy atom. The first-order chi connectivity index (χ1) is 18.8. The lowest BCUT2D eigenvalue weighted by Gasteiger charge is -2.31. The number of nitrogens with two attached hydrogens (primary N) is 2. The molecule has 0 radical (unpaired) electrons. The maximum Gasteiger partial charge on any atom is 0.298 e. The zero-order chi connectivity index (χ0) is 27.5. The summed E-state index contributed by atoms with van der Waals surface area (Å²) in [6.07, 6.45) is 2.85. The van der Waals surface area contributed by atoms with Gasteiger partial charge >= 0.3 is 0 Å². The molecule has 4 aromatic rings. The number of fused-ring (bicyclic) bond motifs is 2. The molecular formula is C29H34N6O3S. The minimum atomic E-state index is -0.579. The average Bonchev–Trinajstić information content (AvgIpc) is 3.59. The highest BCUT2D eigenvalue weighted by Gasteiger charge is 2.22. The Kier molecular flexibility index (Phi) is 7.85. The summed E-state index contributed by atoms with van der Waals surface area (Å²) < 4.78 is 7.27. The molecule has 1 amide bonds. The van der Waals surface area contributed by atoms with Gasteiger partial charge < -0.3 is 26.0 Å². The van der Waals surface area contributed by atoms with Crippen LogP contribution < -0.4 is 26.7 Å². The molecule has 0 unspecified atom stereocenters. The predicted molar refractivity (Wildman–Crippen MR) is 158 cm³/mol. The van der Waals surface area contributed by atoms with E-state index < -0.39 is 11.5 Å². The van der Waals surface area contributed by atoms with Crippen LogP contribution in [0.5, 0.6) is 5.75 Å². The van der Waals surface area contributed by atoms with Crippen LogP contribution in [0.4, 0.5) is 17.2 Å². The number of benzene rings is 2. The fourth-order valence-corrected chi connectivity index (χ4v) is 5.95. The number of anilines is 3. The van der Waals surface area contributed by atoms with Crippen LogP contribution in [0.2, 0.25) is 0 Å². The molecule has 0 spiro atoms. The van der Waals surface area contributed by atoms with Gasteiger partial charge in [0.1, 0.15) is 17.2 Å². The molecular weight excluding hydrogens is 512 g/mol. The number of ether oxygens (including phenoxy) is 1. The van der Waals surface area contributed by atoms with E-state index in [1.54, 1.807) is 12.1 Å². The van der Waals surface area contributed by atoms with Crippen LogP contribution in [-0.4, -0.2) is 53.1 Å². The van der Waals surface area contributed by atoms with Gasteiger partial charge in [-0.05, 0) is 68.2 Å². The lowest BCUT2D eigenvalue weighted by atomic mass is 10.1. The van der Waals surface area contributed by atoms with E-state index in [4.69, 9.17) is 16.2 Å². The molecule has 2 aliphatic heterocycles. The number of rotatable bonds is 5. The largest absolute Gasteiger partial charge is 0.490 e. The summed E-state index contributed by atoms with van der Waals surface area (Å²) in [5, 5.41) is 0. The first kappa shape index (κ1) is 26.7. The normalized spacial score (nSPS) is 15.1. The Hall–Kier alpha value is -3.89. The molecule has 1 saturated heterocycles. The molecule has 9 nitrogen and oxygen atoms in total. The van der Waals surface area contributed by atoms with Gasteiger partial charge in [-0.3, -0.25) is 14.2 Å². The van der Waals surface area contributed by atoms with Gasteiger partial charge in [0.05, 0.1) is 28.3 Å². The van der Waals surface area contributed by atoms with E-state index in [1.165, 1.54) is 37.0 Å². The molecule has 204 valence electrons. The second-order valence-electron chi connectivity index (χ2n) is 10.2. The molecule has 0 saturated carbocycles. The summed E-state index contributed by atoms with van der Waals surface area (Å²) in [6.45, 7) is 9.81. The number of para-hydroxylation sites is 1. The number of nitrogen functional groups attached to an aromatic ring is 1. The molecule has 10 heteroatoms. The first-order valence-electron chi connectivity index (χ1n) is 13.3. The average molecular weight is 547 g/mol. The minimum Gasteiger partial charge on any atom is -0.490 e. The van der Waals surface area contributed by atoms with Crippen molar-refractivity contribution in [3.63, 3.8) is 0 Å². The van der Waals surface area contributed by atoms with Crippen LogP contribution in [0.3, 0.4) is 0 Å². The molecule has 4 N–H and O–H groups in total. The van der Waals surface area contributed by atoms with Crippen LogP contribution in [0.1, 0.15) is 36.4 Å². The van der Waals surface area contributed by atoms with Gasteiger partial charge in [0.2, 0.25) is 0 Å². The quantitative estimate of drug-likeness (QED) is 0.381. The molecule has 4 heterocycles. The van der Waals surface area contributed by atoms with Crippen molar-refractivity contribution in [2.75, 3.05) is 43.4 Å². The van der Waals surface area contributed by atoms with Gasteiger partial charge in [0, 0.05) is 12.2 Å². The summed E-state index contributed by atoms with van der Waals surface area (Å²) >= 11 is 1.10. The zero-order valence-electron chi connectivity index (χ0n) is 22.3. The number of amides is 1. The highest BCUT2D eigenvalue weighted by molar-refractivity contribution is 7.20. The molecule has 2 aromatic heterocycles. The Morgan fingerprint density at radius 3 is 2.49 bits per heavy atom. The molecule has 0 aliphatic carbocycles. The Balaban J connectivity index is 0.000000292. The van der Waals surface area contributed by atoms with Gasteiger partial charge in [0.25, 0.3) is 11.5 Å². The molecule has 0 bridgehead atoms. The minimum absolute atomic E-state index is 0.144. The van der Waals surface area contributed by atoms with Gasteiger partial charge in [0.15, 0.2) is 5.82 Å². The third kappa shape index (κ3) is 5.76. The van der Waals surface area contributed by atoms with E-state index in [9.17, 15) is 9.59 Å². The molecule has 1 fully saturated rings. The van der Waals surface area contributed by atoms with Crippen LogP contribution in [-0.2, 0) is 0 Å². The van der Waals surface area contributed by atoms with E-state index in [-0.39, 0.29) is 5.82 Å². The van der Waals surface area contributed by atoms with E-state index in [1.807, 2.05) is 42.5 Å². The molecule has 2 aliphatic rings. The maximum atomic E-state index is 12.9. The van der Waals surface area contributed by atoms with Gasteiger partial charge in [-0.2, -0.15) is 0 Å². The van der Waals surface area contributed by atoms with E-state index >= 15 is 0 Å².